The summed E-state index contributed by atoms with van der Waals surface area (Å²) in [5.74, 6) is -2.06. The Hall–Kier alpha value is -5.10. The Bertz CT molecular complexity index is 1860. The van der Waals surface area contributed by atoms with Gasteiger partial charge in [0.15, 0.2) is 5.03 Å². The van der Waals surface area contributed by atoms with Crippen LogP contribution >= 0.6 is 0 Å². The van der Waals surface area contributed by atoms with Crippen LogP contribution in [-0.4, -0.2) is 36.0 Å². The van der Waals surface area contributed by atoms with Crippen LogP contribution < -0.4 is 10.5 Å². The number of aryl methyl sites for hydroxylation is 3. The second-order valence-electron chi connectivity index (χ2n) is 11.8. The molecule has 0 saturated carbocycles. The van der Waals surface area contributed by atoms with Crippen LogP contribution in [0.5, 0.6) is 0 Å². The van der Waals surface area contributed by atoms with Gasteiger partial charge < -0.3 is 15.6 Å². The predicted molar refractivity (Wildman–Crippen MR) is 175 cm³/mol. The Morgan fingerprint density at radius 2 is 1.50 bits per heavy atom. The van der Waals surface area contributed by atoms with Crippen LogP contribution in [0.15, 0.2) is 107 Å². The SMILES string of the molecule is NC(=O)c1ccc(S(=O)(=O)Nc2cccc(CCCC3=C(O)CC(CCc4ccc(F)cc4)(CCc4ccc(F)cc4)OC3=O)c2)nc1. The number of nitrogens with zero attached hydrogens (tertiary/aromatic N) is 1. The van der Waals surface area contributed by atoms with Gasteiger partial charge in [-0.15, -0.1) is 0 Å². The number of halogens is 2. The number of aliphatic hydroxyl groups is 1. The molecule has 0 spiro atoms. The van der Waals surface area contributed by atoms with E-state index in [1.54, 1.807) is 42.5 Å². The number of benzene rings is 3. The first-order valence-corrected chi connectivity index (χ1v) is 16.9. The topological polar surface area (TPSA) is 149 Å². The van der Waals surface area contributed by atoms with Gasteiger partial charge in [0, 0.05) is 18.3 Å². The zero-order valence-electron chi connectivity index (χ0n) is 26.0. The van der Waals surface area contributed by atoms with Crippen molar-refractivity contribution in [3.05, 3.63) is 136 Å². The summed E-state index contributed by atoms with van der Waals surface area (Å²) in [5.41, 5.74) is 7.29. The molecule has 12 heteroatoms. The van der Waals surface area contributed by atoms with E-state index < -0.39 is 27.5 Å². The van der Waals surface area contributed by atoms with Gasteiger partial charge in [0.25, 0.3) is 10.0 Å². The number of pyridine rings is 1. The largest absolute Gasteiger partial charge is 0.512 e. The molecule has 0 saturated heterocycles. The third-order valence-electron chi connectivity index (χ3n) is 8.33. The molecule has 1 amide bonds. The molecule has 0 fully saturated rings. The van der Waals surface area contributed by atoms with E-state index in [2.05, 4.69) is 9.71 Å². The second-order valence-corrected chi connectivity index (χ2v) is 13.5. The van der Waals surface area contributed by atoms with Gasteiger partial charge in [-0.05, 0) is 110 Å². The second kappa shape index (κ2) is 14.8. The number of sulfonamides is 1. The van der Waals surface area contributed by atoms with Gasteiger partial charge in [-0.25, -0.2) is 18.6 Å². The first kappa shape index (κ1) is 34.2. The number of ether oxygens (including phenoxy) is 1. The minimum Gasteiger partial charge on any atom is -0.512 e. The summed E-state index contributed by atoms with van der Waals surface area (Å²) in [6.07, 6.45) is 4.18. The molecule has 2 heterocycles. The molecule has 0 unspecified atom stereocenters. The average Bonchev–Trinajstić information content (AvgIpc) is 3.05. The van der Waals surface area contributed by atoms with Crippen molar-refractivity contribution in [3.8, 4) is 0 Å². The Kier molecular flexibility index (Phi) is 10.5. The van der Waals surface area contributed by atoms with Gasteiger partial charge in [-0.1, -0.05) is 36.4 Å². The molecule has 1 aliphatic rings. The molecule has 1 aromatic heterocycles. The van der Waals surface area contributed by atoms with Gasteiger partial charge >= 0.3 is 5.97 Å². The number of primary amides is 1. The molecule has 5 rings (SSSR count). The molecule has 4 aromatic rings. The molecule has 0 bridgehead atoms. The fraction of sp³-hybridized carbons (Fsp3) is 0.250. The normalized spacial score (nSPS) is 14.4. The van der Waals surface area contributed by atoms with Crippen LogP contribution in [0, 0.1) is 11.6 Å². The van der Waals surface area contributed by atoms with Crippen LogP contribution in [0.1, 0.15) is 59.2 Å². The first-order valence-electron chi connectivity index (χ1n) is 15.4. The van der Waals surface area contributed by atoms with Crippen LogP contribution in [0.2, 0.25) is 0 Å². The number of anilines is 1. The van der Waals surface area contributed by atoms with Crippen LogP contribution in [-0.2, 0) is 38.8 Å². The number of nitrogens with one attached hydrogen (secondary N) is 1. The Morgan fingerprint density at radius 3 is 2.04 bits per heavy atom. The van der Waals surface area contributed by atoms with Crippen molar-refractivity contribution in [2.45, 2.75) is 62.0 Å². The van der Waals surface area contributed by atoms with E-state index in [0.29, 0.717) is 44.2 Å². The quantitative estimate of drug-likeness (QED) is 0.132. The van der Waals surface area contributed by atoms with Crippen molar-refractivity contribution in [3.63, 3.8) is 0 Å². The summed E-state index contributed by atoms with van der Waals surface area (Å²) in [5, 5.41) is 10.9. The number of hydrogen-bond donors (Lipinski definition) is 3. The van der Waals surface area contributed by atoms with E-state index in [0.717, 1.165) is 22.9 Å². The number of cyclic esters (lactones) is 1. The van der Waals surface area contributed by atoms with E-state index in [1.807, 2.05) is 6.07 Å². The summed E-state index contributed by atoms with van der Waals surface area (Å²) >= 11 is 0. The number of rotatable bonds is 14. The smallest absolute Gasteiger partial charge is 0.337 e. The van der Waals surface area contributed by atoms with Crippen LogP contribution in [0.4, 0.5) is 14.5 Å². The summed E-state index contributed by atoms with van der Waals surface area (Å²) in [4.78, 5) is 28.4. The van der Waals surface area contributed by atoms with Gasteiger partial charge in [-0.3, -0.25) is 9.52 Å². The fourth-order valence-electron chi connectivity index (χ4n) is 5.67. The lowest BCUT2D eigenvalue weighted by atomic mass is 9.82. The summed E-state index contributed by atoms with van der Waals surface area (Å²) < 4.78 is 61.1. The zero-order valence-corrected chi connectivity index (χ0v) is 26.8. The molecule has 1 aliphatic heterocycles. The molecule has 0 radical (unpaired) electrons. The van der Waals surface area contributed by atoms with E-state index >= 15 is 0 Å². The number of aromatic nitrogens is 1. The lowest BCUT2D eigenvalue weighted by molar-refractivity contribution is -0.161. The maximum atomic E-state index is 13.5. The number of carbonyl (C=O) groups is 2. The molecular weight excluding hydrogens is 640 g/mol. The minimum absolute atomic E-state index is 0.0409. The van der Waals surface area contributed by atoms with Gasteiger partial charge in [0.2, 0.25) is 5.91 Å². The maximum absolute atomic E-state index is 13.5. The Balaban J connectivity index is 1.23. The monoisotopic (exact) mass is 675 g/mol. The van der Waals surface area contributed by atoms with E-state index in [9.17, 15) is 31.9 Å². The fourth-order valence-corrected chi connectivity index (χ4v) is 6.65. The van der Waals surface area contributed by atoms with E-state index in [-0.39, 0.29) is 46.4 Å². The molecule has 0 atom stereocenters. The molecule has 9 nitrogen and oxygen atoms in total. The van der Waals surface area contributed by atoms with Crippen molar-refractivity contribution in [1.82, 2.24) is 4.98 Å². The summed E-state index contributed by atoms with van der Waals surface area (Å²) in [6.45, 7) is 0. The van der Waals surface area contributed by atoms with Crippen molar-refractivity contribution < 1.29 is 36.6 Å². The zero-order chi connectivity index (χ0) is 34.3. The van der Waals surface area contributed by atoms with Crippen LogP contribution in [0.3, 0.4) is 0 Å². The highest BCUT2D eigenvalue weighted by molar-refractivity contribution is 7.92. The average molecular weight is 676 g/mol. The standard InChI is InChI=1S/C36H35F2N3O6S/c37-28-12-7-24(8-13-28)17-19-36(20-18-25-9-14-29(38)15-10-25)22-32(42)31(35(44)47-36)6-2-4-26-3-1-5-30(21-26)41-48(45,46)33-16-11-27(23-40-33)34(39)43/h1,3,5,7-16,21,23,41-42H,2,4,6,17-20,22H2,(H2,39,43). The van der Waals surface area contributed by atoms with E-state index in [4.69, 9.17) is 10.5 Å². The maximum Gasteiger partial charge on any atom is 0.337 e. The number of amides is 1. The number of esters is 1. The minimum atomic E-state index is -4.03. The number of hydrogen-bond acceptors (Lipinski definition) is 7. The molecule has 48 heavy (non-hydrogen) atoms. The van der Waals surface area contributed by atoms with Crippen molar-refractivity contribution in [1.29, 1.82) is 0 Å². The third kappa shape index (κ3) is 8.82. The van der Waals surface area contributed by atoms with Crippen molar-refractivity contribution in [2.75, 3.05) is 4.72 Å². The van der Waals surface area contributed by atoms with Crippen molar-refractivity contribution in [2.24, 2.45) is 5.73 Å². The van der Waals surface area contributed by atoms with E-state index in [1.165, 1.54) is 36.4 Å². The molecule has 3 aromatic carbocycles. The van der Waals surface area contributed by atoms with Crippen LogP contribution in [0.25, 0.3) is 0 Å². The molecular formula is C36H35F2N3O6S. The highest BCUT2D eigenvalue weighted by Crippen LogP contribution is 2.38. The highest BCUT2D eigenvalue weighted by atomic mass is 32.2. The highest BCUT2D eigenvalue weighted by Gasteiger charge is 2.41. The summed E-state index contributed by atoms with van der Waals surface area (Å²) in [6, 6.07) is 21.4. The van der Waals surface area contributed by atoms with Gasteiger partial charge in [0.05, 0.1) is 11.1 Å². The third-order valence-corrected chi connectivity index (χ3v) is 9.62. The Labute approximate surface area is 277 Å². The number of nitrogens with two attached hydrogens (primary N) is 1. The molecule has 0 aliphatic carbocycles. The lowest BCUT2D eigenvalue weighted by Crippen LogP contribution is -2.41. The van der Waals surface area contributed by atoms with Gasteiger partial charge in [-0.2, -0.15) is 8.42 Å². The number of carbonyl (C=O) groups excluding carboxylic acids is 2. The van der Waals surface area contributed by atoms with Gasteiger partial charge in [0.1, 0.15) is 23.0 Å². The lowest BCUT2D eigenvalue weighted by Gasteiger charge is -2.37. The molecule has 4 N–H and O–H groups in total. The Morgan fingerprint density at radius 1 is 0.875 bits per heavy atom. The molecule has 250 valence electrons. The summed E-state index contributed by atoms with van der Waals surface area (Å²) in [7, 11) is -4.03. The van der Waals surface area contributed by atoms with Crippen molar-refractivity contribution >= 4 is 27.6 Å². The first-order chi connectivity index (χ1) is 22.9. The number of aliphatic hydroxyl groups excluding tert-OH is 1. The predicted octanol–water partition coefficient (Wildman–Crippen LogP) is 6.35.